The van der Waals surface area contributed by atoms with Gasteiger partial charge in [-0.25, -0.2) is 4.79 Å². The van der Waals surface area contributed by atoms with Crippen molar-refractivity contribution in [3.63, 3.8) is 0 Å². The molecule has 1 saturated heterocycles. The van der Waals surface area contributed by atoms with E-state index in [0.717, 1.165) is 30.4 Å². The van der Waals surface area contributed by atoms with Crippen LogP contribution in [-0.4, -0.2) is 25.2 Å². The third-order valence-electron chi connectivity index (χ3n) is 4.50. The molecule has 108 valence electrons. The van der Waals surface area contributed by atoms with E-state index in [-0.39, 0.29) is 6.03 Å². The number of nitrogens with zero attached hydrogens (tertiary/aromatic N) is 1. The van der Waals surface area contributed by atoms with Gasteiger partial charge in [0, 0.05) is 30.5 Å². The number of anilines is 2. The van der Waals surface area contributed by atoms with Crippen molar-refractivity contribution in [1.29, 1.82) is 0 Å². The lowest BCUT2D eigenvalue weighted by molar-refractivity contribution is 0.252. The smallest absolute Gasteiger partial charge is 0.321 e. The highest BCUT2D eigenvalue weighted by atomic mass is 16.2. The predicted molar refractivity (Wildman–Crippen MR) is 82.2 cm³/mol. The van der Waals surface area contributed by atoms with Crippen molar-refractivity contribution in [2.75, 3.05) is 23.3 Å². The summed E-state index contributed by atoms with van der Waals surface area (Å²) in [5, 5.41) is 6.47. The van der Waals surface area contributed by atoms with Gasteiger partial charge in [-0.15, -0.1) is 0 Å². The quantitative estimate of drug-likeness (QED) is 0.888. The fraction of sp³-hybridized carbons (Fsp3) is 0.562. The molecule has 0 bridgehead atoms. The molecule has 3 rings (SSSR count). The van der Waals surface area contributed by atoms with Gasteiger partial charge in [0.05, 0.1) is 0 Å². The average molecular weight is 273 g/mol. The van der Waals surface area contributed by atoms with E-state index in [1.165, 1.54) is 25.7 Å². The SMILES string of the molecule is CC1CCCCC1Nc1ccc(N2CCNC2=O)cc1. The van der Waals surface area contributed by atoms with Gasteiger partial charge in [-0.1, -0.05) is 19.8 Å². The first-order valence-electron chi connectivity index (χ1n) is 7.66. The van der Waals surface area contributed by atoms with Gasteiger partial charge in [-0.3, -0.25) is 4.90 Å². The summed E-state index contributed by atoms with van der Waals surface area (Å²) in [5.74, 6) is 0.743. The Balaban J connectivity index is 1.65. The number of hydrogen-bond donors (Lipinski definition) is 2. The first kappa shape index (κ1) is 13.3. The van der Waals surface area contributed by atoms with Crippen LogP contribution in [0, 0.1) is 5.92 Å². The van der Waals surface area contributed by atoms with Gasteiger partial charge in [0.2, 0.25) is 0 Å². The van der Waals surface area contributed by atoms with Gasteiger partial charge in [0.25, 0.3) is 0 Å². The summed E-state index contributed by atoms with van der Waals surface area (Å²) in [5.41, 5.74) is 2.13. The van der Waals surface area contributed by atoms with Crippen molar-refractivity contribution in [3.05, 3.63) is 24.3 Å². The minimum Gasteiger partial charge on any atom is -0.382 e. The molecule has 1 aliphatic carbocycles. The van der Waals surface area contributed by atoms with Gasteiger partial charge in [-0.05, 0) is 43.0 Å². The fourth-order valence-corrected chi connectivity index (χ4v) is 3.20. The van der Waals surface area contributed by atoms with E-state index in [1.54, 1.807) is 4.90 Å². The van der Waals surface area contributed by atoms with Crippen molar-refractivity contribution in [1.82, 2.24) is 5.32 Å². The molecule has 1 aromatic rings. The zero-order valence-electron chi connectivity index (χ0n) is 12.1. The van der Waals surface area contributed by atoms with Crippen LogP contribution >= 0.6 is 0 Å². The van der Waals surface area contributed by atoms with Crippen LogP contribution in [-0.2, 0) is 0 Å². The summed E-state index contributed by atoms with van der Waals surface area (Å²) in [6.45, 7) is 3.82. The second kappa shape index (κ2) is 5.73. The highest BCUT2D eigenvalue weighted by molar-refractivity contribution is 5.94. The number of nitrogens with one attached hydrogen (secondary N) is 2. The van der Waals surface area contributed by atoms with Crippen LogP contribution in [0.3, 0.4) is 0 Å². The molecule has 2 unspecified atom stereocenters. The van der Waals surface area contributed by atoms with E-state index in [0.29, 0.717) is 6.04 Å². The minimum atomic E-state index is 0.00612. The Kier molecular flexibility index (Phi) is 3.81. The number of amides is 2. The highest BCUT2D eigenvalue weighted by Crippen LogP contribution is 2.27. The number of benzene rings is 1. The zero-order chi connectivity index (χ0) is 13.9. The summed E-state index contributed by atoms with van der Waals surface area (Å²) in [4.78, 5) is 13.4. The summed E-state index contributed by atoms with van der Waals surface area (Å²) in [7, 11) is 0. The maximum absolute atomic E-state index is 11.6. The lowest BCUT2D eigenvalue weighted by Gasteiger charge is -2.30. The molecule has 4 heteroatoms. The molecule has 0 radical (unpaired) electrons. The molecule has 4 nitrogen and oxygen atoms in total. The molecule has 2 fully saturated rings. The Morgan fingerprint density at radius 3 is 2.60 bits per heavy atom. The highest BCUT2D eigenvalue weighted by Gasteiger charge is 2.22. The first-order valence-corrected chi connectivity index (χ1v) is 7.66. The van der Waals surface area contributed by atoms with E-state index in [2.05, 4.69) is 29.7 Å². The Morgan fingerprint density at radius 2 is 1.95 bits per heavy atom. The zero-order valence-corrected chi connectivity index (χ0v) is 12.1. The molecule has 0 spiro atoms. The first-order chi connectivity index (χ1) is 9.74. The molecular weight excluding hydrogens is 250 g/mol. The number of rotatable bonds is 3. The van der Waals surface area contributed by atoms with Crippen LogP contribution in [0.15, 0.2) is 24.3 Å². The number of hydrogen-bond acceptors (Lipinski definition) is 2. The largest absolute Gasteiger partial charge is 0.382 e. The molecule has 20 heavy (non-hydrogen) atoms. The van der Waals surface area contributed by atoms with E-state index in [9.17, 15) is 4.79 Å². The molecule has 1 aliphatic heterocycles. The monoisotopic (exact) mass is 273 g/mol. The van der Waals surface area contributed by atoms with Crippen molar-refractivity contribution in [2.24, 2.45) is 5.92 Å². The Bertz CT molecular complexity index is 471. The van der Waals surface area contributed by atoms with Gasteiger partial charge >= 0.3 is 6.03 Å². The normalized spacial score (nSPS) is 26.4. The Morgan fingerprint density at radius 1 is 1.20 bits per heavy atom. The Labute approximate surface area is 120 Å². The second-order valence-corrected chi connectivity index (χ2v) is 5.94. The summed E-state index contributed by atoms with van der Waals surface area (Å²) in [6, 6.07) is 8.82. The van der Waals surface area contributed by atoms with Crippen molar-refractivity contribution >= 4 is 17.4 Å². The average Bonchev–Trinajstić information content (AvgIpc) is 2.89. The minimum absolute atomic E-state index is 0.00612. The molecular formula is C16H23N3O. The molecule has 2 aliphatic rings. The maximum Gasteiger partial charge on any atom is 0.321 e. The summed E-state index contributed by atoms with van der Waals surface area (Å²) < 4.78 is 0. The van der Waals surface area contributed by atoms with Crippen LogP contribution in [0.25, 0.3) is 0 Å². The van der Waals surface area contributed by atoms with Crippen molar-refractivity contribution < 1.29 is 4.79 Å². The standard InChI is InChI=1S/C16H23N3O/c1-12-4-2-3-5-15(12)18-13-6-8-14(9-7-13)19-11-10-17-16(19)20/h6-9,12,15,18H,2-5,10-11H2,1H3,(H,17,20). The summed E-state index contributed by atoms with van der Waals surface area (Å²) >= 11 is 0. The molecule has 2 N–H and O–H groups in total. The third-order valence-corrected chi connectivity index (χ3v) is 4.50. The van der Waals surface area contributed by atoms with Crippen LogP contribution in [0.4, 0.5) is 16.2 Å². The topological polar surface area (TPSA) is 44.4 Å². The van der Waals surface area contributed by atoms with Gasteiger partial charge in [0.15, 0.2) is 0 Å². The van der Waals surface area contributed by atoms with Crippen molar-refractivity contribution in [3.8, 4) is 0 Å². The molecule has 1 saturated carbocycles. The number of carbonyl (C=O) groups excluding carboxylic acids is 1. The molecule has 2 atom stereocenters. The lowest BCUT2D eigenvalue weighted by Crippen LogP contribution is -2.30. The molecule has 2 amide bonds. The molecule has 1 heterocycles. The van der Waals surface area contributed by atoms with Crippen LogP contribution < -0.4 is 15.5 Å². The lowest BCUT2D eigenvalue weighted by atomic mass is 9.86. The summed E-state index contributed by atoms with van der Waals surface area (Å²) in [6.07, 6.45) is 5.28. The fourth-order valence-electron chi connectivity index (χ4n) is 3.20. The van der Waals surface area contributed by atoms with Crippen LogP contribution in [0.2, 0.25) is 0 Å². The van der Waals surface area contributed by atoms with E-state index < -0.39 is 0 Å². The van der Waals surface area contributed by atoms with E-state index in [1.807, 2.05) is 12.1 Å². The molecule has 0 aromatic heterocycles. The van der Waals surface area contributed by atoms with E-state index in [4.69, 9.17) is 0 Å². The third kappa shape index (κ3) is 2.74. The van der Waals surface area contributed by atoms with Gasteiger partial charge in [0.1, 0.15) is 0 Å². The van der Waals surface area contributed by atoms with Gasteiger partial charge in [-0.2, -0.15) is 0 Å². The van der Waals surface area contributed by atoms with Gasteiger partial charge < -0.3 is 10.6 Å². The van der Waals surface area contributed by atoms with E-state index >= 15 is 0 Å². The Hall–Kier alpha value is -1.71. The number of urea groups is 1. The predicted octanol–water partition coefficient (Wildman–Crippen LogP) is 3.21. The van der Waals surface area contributed by atoms with Crippen LogP contribution in [0.1, 0.15) is 32.6 Å². The van der Waals surface area contributed by atoms with Crippen LogP contribution in [0.5, 0.6) is 0 Å². The maximum atomic E-state index is 11.6. The number of carbonyl (C=O) groups is 1. The molecule has 1 aromatic carbocycles. The van der Waals surface area contributed by atoms with Crippen molar-refractivity contribution in [2.45, 2.75) is 38.6 Å². The second-order valence-electron chi connectivity index (χ2n) is 5.94.